The van der Waals surface area contributed by atoms with Crippen molar-refractivity contribution in [2.75, 3.05) is 18.0 Å². The highest BCUT2D eigenvalue weighted by atomic mass is 35.5. The van der Waals surface area contributed by atoms with Gasteiger partial charge in [-0.1, -0.05) is 11.6 Å². The number of carbonyl (C=O) groups is 2. The number of carboxylic acid groups (broad SMARTS) is 1. The maximum atomic E-state index is 12.1. The summed E-state index contributed by atoms with van der Waals surface area (Å²) in [6.07, 6.45) is 0. The number of hydrogen-bond acceptors (Lipinski definition) is 5. The number of carboxylic acids is 1. The van der Waals surface area contributed by atoms with Crippen molar-refractivity contribution in [3.8, 4) is 0 Å². The molecule has 124 valence electrons. The molecular weight excluding hydrogens is 320 g/mol. The first-order valence-corrected chi connectivity index (χ1v) is 7.93. The number of piperidine rings is 1. The minimum atomic E-state index is -0.717. The van der Waals surface area contributed by atoms with Crippen LogP contribution in [0.25, 0.3) is 0 Å². The SMILES string of the molecule is CC(C)(C)OC(=O)c1ccc(N2C[C@@H]3C(C(=O)O)[C@@H]3C2)nc1Cl. The Kier molecular flexibility index (Phi) is 3.75. The Morgan fingerprint density at radius 1 is 1.30 bits per heavy atom. The van der Waals surface area contributed by atoms with Crippen molar-refractivity contribution >= 4 is 29.4 Å². The van der Waals surface area contributed by atoms with E-state index >= 15 is 0 Å². The number of fused-ring (bicyclic) bond motifs is 1. The zero-order valence-corrected chi connectivity index (χ0v) is 14.0. The Labute approximate surface area is 139 Å². The van der Waals surface area contributed by atoms with Crippen LogP contribution in [0, 0.1) is 17.8 Å². The van der Waals surface area contributed by atoms with Gasteiger partial charge in [0.1, 0.15) is 16.6 Å². The van der Waals surface area contributed by atoms with Gasteiger partial charge in [0, 0.05) is 13.1 Å². The molecule has 23 heavy (non-hydrogen) atoms. The summed E-state index contributed by atoms with van der Waals surface area (Å²) in [5.74, 6) is -0.388. The van der Waals surface area contributed by atoms with Crippen LogP contribution in [-0.2, 0) is 9.53 Å². The number of nitrogens with zero attached hydrogens (tertiary/aromatic N) is 2. The summed E-state index contributed by atoms with van der Waals surface area (Å²) in [5.41, 5.74) is -0.362. The monoisotopic (exact) mass is 338 g/mol. The first-order valence-electron chi connectivity index (χ1n) is 7.55. The van der Waals surface area contributed by atoms with E-state index in [1.165, 1.54) is 0 Å². The average Bonchev–Trinajstić information content (AvgIpc) is 2.92. The number of rotatable bonds is 3. The van der Waals surface area contributed by atoms with Crippen LogP contribution in [0.1, 0.15) is 31.1 Å². The van der Waals surface area contributed by atoms with Gasteiger partial charge in [0.05, 0.1) is 11.5 Å². The molecule has 0 aromatic carbocycles. The van der Waals surface area contributed by atoms with Gasteiger partial charge in [0.15, 0.2) is 0 Å². The highest BCUT2D eigenvalue weighted by Crippen LogP contribution is 2.52. The van der Waals surface area contributed by atoms with Gasteiger partial charge in [-0.3, -0.25) is 4.79 Å². The topological polar surface area (TPSA) is 79.7 Å². The van der Waals surface area contributed by atoms with E-state index in [1.54, 1.807) is 32.9 Å². The van der Waals surface area contributed by atoms with Crippen LogP contribution in [0.3, 0.4) is 0 Å². The number of halogens is 1. The molecule has 7 heteroatoms. The van der Waals surface area contributed by atoms with Crippen molar-refractivity contribution in [1.82, 2.24) is 4.98 Å². The molecular formula is C16H19ClN2O4. The number of aliphatic carboxylic acids is 1. The van der Waals surface area contributed by atoms with Crippen LogP contribution in [0.2, 0.25) is 5.15 Å². The van der Waals surface area contributed by atoms with E-state index in [0.29, 0.717) is 18.9 Å². The number of anilines is 1. The third-order valence-electron chi connectivity index (χ3n) is 4.26. The van der Waals surface area contributed by atoms with E-state index in [0.717, 1.165) is 0 Å². The van der Waals surface area contributed by atoms with Gasteiger partial charge in [-0.2, -0.15) is 0 Å². The number of pyridine rings is 1. The fourth-order valence-electron chi connectivity index (χ4n) is 3.17. The Morgan fingerprint density at radius 3 is 2.39 bits per heavy atom. The zero-order valence-electron chi connectivity index (χ0n) is 13.2. The molecule has 3 atom stereocenters. The number of esters is 1. The molecule has 6 nitrogen and oxygen atoms in total. The fourth-order valence-corrected chi connectivity index (χ4v) is 3.39. The summed E-state index contributed by atoms with van der Waals surface area (Å²) in [5, 5.41) is 9.15. The molecule has 2 aliphatic rings. The Bertz CT molecular complexity index is 659. The van der Waals surface area contributed by atoms with E-state index in [1.807, 2.05) is 4.90 Å². The Hall–Kier alpha value is -1.82. The van der Waals surface area contributed by atoms with Crippen molar-refractivity contribution in [2.45, 2.75) is 26.4 Å². The van der Waals surface area contributed by atoms with Crippen molar-refractivity contribution in [2.24, 2.45) is 17.8 Å². The second kappa shape index (κ2) is 5.37. The molecule has 1 aromatic heterocycles. The fraction of sp³-hybridized carbons (Fsp3) is 0.562. The molecule has 0 spiro atoms. The summed E-state index contributed by atoms with van der Waals surface area (Å²) in [4.78, 5) is 29.4. The van der Waals surface area contributed by atoms with Gasteiger partial charge in [-0.15, -0.1) is 0 Å². The number of carbonyl (C=O) groups excluding carboxylic acids is 1. The highest BCUT2D eigenvalue weighted by molar-refractivity contribution is 6.32. The maximum absolute atomic E-state index is 12.1. The van der Waals surface area contributed by atoms with Gasteiger partial charge in [0.2, 0.25) is 0 Å². The minimum absolute atomic E-state index is 0.104. The molecule has 1 aliphatic heterocycles. The summed E-state index contributed by atoms with van der Waals surface area (Å²) >= 11 is 6.13. The second-order valence-corrected chi connectivity index (χ2v) is 7.46. The lowest BCUT2D eigenvalue weighted by Gasteiger charge is -2.22. The van der Waals surface area contributed by atoms with E-state index in [2.05, 4.69) is 4.98 Å². The van der Waals surface area contributed by atoms with E-state index < -0.39 is 17.5 Å². The van der Waals surface area contributed by atoms with Crippen LogP contribution in [-0.4, -0.2) is 40.7 Å². The molecule has 0 radical (unpaired) electrons. The van der Waals surface area contributed by atoms with Gasteiger partial charge in [0.25, 0.3) is 0 Å². The lowest BCUT2D eigenvalue weighted by atomic mass is 10.2. The lowest BCUT2D eigenvalue weighted by Crippen LogP contribution is -2.27. The first-order chi connectivity index (χ1) is 10.7. The molecule has 3 rings (SSSR count). The number of aromatic nitrogens is 1. The molecule has 1 saturated heterocycles. The second-order valence-electron chi connectivity index (χ2n) is 7.11. The Balaban J connectivity index is 1.69. The average molecular weight is 339 g/mol. The molecule has 1 aromatic rings. The van der Waals surface area contributed by atoms with Crippen LogP contribution in [0.4, 0.5) is 5.82 Å². The molecule has 1 saturated carbocycles. The molecule has 2 heterocycles. The highest BCUT2D eigenvalue weighted by Gasteiger charge is 2.60. The van der Waals surface area contributed by atoms with Crippen molar-refractivity contribution in [3.63, 3.8) is 0 Å². The predicted molar refractivity (Wildman–Crippen MR) is 84.7 cm³/mol. The molecule has 0 amide bonds. The minimum Gasteiger partial charge on any atom is -0.481 e. The first kappa shape index (κ1) is 16.1. The van der Waals surface area contributed by atoms with Gasteiger partial charge in [-0.25, -0.2) is 9.78 Å². The van der Waals surface area contributed by atoms with Crippen LogP contribution in [0.15, 0.2) is 12.1 Å². The summed E-state index contributed by atoms with van der Waals surface area (Å²) < 4.78 is 5.29. The van der Waals surface area contributed by atoms with Crippen LogP contribution >= 0.6 is 11.6 Å². The zero-order chi connectivity index (χ0) is 16.9. The number of hydrogen-bond donors (Lipinski definition) is 1. The van der Waals surface area contributed by atoms with E-state index in [9.17, 15) is 9.59 Å². The normalized spacial score (nSPS) is 25.9. The maximum Gasteiger partial charge on any atom is 0.341 e. The third-order valence-corrected chi connectivity index (χ3v) is 4.54. The Morgan fingerprint density at radius 2 is 1.91 bits per heavy atom. The summed E-state index contributed by atoms with van der Waals surface area (Å²) in [7, 11) is 0. The van der Waals surface area contributed by atoms with Gasteiger partial charge in [-0.05, 0) is 44.7 Å². The standard InChI is InChI=1S/C16H19ClN2O4/c1-16(2,3)23-15(22)8-4-5-11(18-13(8)17)19-6-9-10(7-19)12(9)14(20)21/h4-5,9-10,12H,6-7H2,1-3H3,(H,20,21)/t9-,10+,12?. The largest absolute Gasteiger partial charge is 0.481 e. The molecule has 2 fully saturated rings. The van der Waals surface area contributed by atoms with Gasteiger partial charge < -0.3 is 14.7 Å². The van der Waals surface area contributed by atoms with Crippen LogP contribution < -0.4 is 4.90 Å². The van der Waals surface area contributed by atoms with Gasteiger partial charge >= 0.3 is 11.9 Å². The van der Waals surface area contributed by atoms with E-state index in [-0.39, 0.29) is 28.5 Å². The van der Waals surface area contributed by atoms with Crippen molar-refractivity contribution < 1.29 is 19.4 Å². The predicted octanol–water partition coefficient (Wildman–Crippen LogP) is 2.46. The van der Waals surface area contributed by atoms with Crippen LogP contribution in [0.5, 0.6) is 0 Å². The van der Waals surface area contributed by atoms with Crippen molar-refractivity contribution in [3.05, 3.63) is 22.8 Å². The molecule has 1 N–H and O–H groups in total. The smallest absolute Gasteiger partial charge is 0.341 e. The summed E-state index contributed by atoms with van der Waals surface area (Å²) in [6, 6.07) is 3.34. The molecule has 1 aliphatic carbocycles. The number of ether oxygens (including phenoxy) is 1. The van der Waals surface area contributed by atoms with E-state index in [4.69, 9.17) is 21.4 Å². The summed E-state index contributed by atoms with van der Waals surface area (Å²) in [6.45, 7) is 6.69. The molecule has 1 unspecified atom stereocenters. The lowest BCUT2D eigenvalue weighted by molar-refractivity contribution is -0.139. The molecule has 0 bridgehead atoms. The quantitative estimate of drug-likeness (QED) is 0.673. The third kappa shape index (κ3) is 3.13. The van der Waals surface area contributed by atoms with Crippen molar-refractivity contribution in [1.29, 1.82) is 0 Å².